The molecule has 4 nitrogen and oxygen atoms in total. The third-order valence-electron chi connectivity index (χ3n) is 2.34. The number of benzene rings is 1. The zero-order valence-electron chi connectivity index (χ0n) is 10.7. The molecule has 0 fully saturated rings. The number of hydrogen-bond acceptors (Lipinski definition) is 4. The summed E-state index contributed by atoms with van der Waals surface area (Å²) in [6, 6.07) is 3.87. The molecule has 0 aliphatic carbocycles. The van der Waals surface area contributed by atoms with E-state index in [-0.39, 0.29) is 35.8 Å². The Morgan fingerprint density at radius 2 is 2.05 bits per heavy atom. The lowest BCUT2D eigenvalue weighted by molar-refractivity contribution is -0.0505. The fourth-order valence-electron chi connectivity index (χ4n) is 1.59. The second kappa shape index (κ2) is 7.79. The van der Waals surface area contributed by atoms with Crippen LogP contribution >= 0.6 is 11.6 Å². The van der Waals surface area contributed by atoms with Crippen LogP contribution in [-0.4, -0.2) is 30.9 Å². The molecule has 0 unspecified atom stereocenters. The van der Waals surface area contributed by atoms with Crippen molar-refractivity contribution < 1.29 is 27.8 Å². The molecule has 0 N–H and O–H groups in total. The number of Topliss-reactive ketones (excluding diaryl/α,β-unsaturated/α-hetero) is 1. The van der Waals surface area contributed by atoms with E-state index in [0.717, 1.165) is 0 Å². The van der Waals surface area contributed by atoms with E-state index in [4.69, 9.17) is 16.3 Å². The highest BCUT2D eigenvalue weighted by Crippen LogP contribution is 2.26. The molecule has 1 aromatic carbocycles. The molecule has 0 aliphatic heterocycles. The third-order valence-corrected chi connectivity index (χ3v) is 2.53. The molecule has 110 valence electrons. The zero-order chi connectivity index (χ0) is 15.1. The van der Waals surface area contributed by atoms with Crippen LogP contribution in [-0.2, 0) is 4.74 Å². The summed E-state index contributed by atoms with van der Waals surface area (Å²) in [4.78, 5) is 23.7. The number of alkyl halides is 3. The van der Waals surface area contributed by atoms with Gasteiger partial charge in [0.1, 0.15) is 11.3 Å². The van der Waals surface area contributed by atoms with Gasteiger partial charge in [0.25, 0.3) is 0 Å². The first-order valence-corrected chi connectivity index (χ1v) is 6.38. The average molecular weight is 307 g/mol. The van der Waals surface area contributed by atoms with Crippen molar-refractivity contribution in [2.45, 2.75) is 20.0 Å². The summed E-state index contributed by atoms with van der Waals surface area (Å²) in [5.74, 6) is -1.66. The van der Waals surface area contributed by atoms with Gasteiger partial charge in [0.15, 0.2) is 5.78 Å². The van der Waals surface area contributed by atoms with Gasteiger partial charge in [0.05, 0.1) is 6.61 Å². The highest BCUT2D eigenvalue weighted by Gasteiger charge is 2.24. The lowest BCUT2D eigenvalue weighted by atomic mass is 10.0. The van der Waals surface area contributed by atoms with Crippen molar-refractivity contribution in [3.05, 3.63) is 29.3 Å². The quantitative estimate of drug-likeness (QED) is 0.441. The Kier molecular flexibility index (Phi) is 6.38. The van der Waals surface area contributed by atoms with Crippen molar-refractivity contribution in [1.29, 1.82) is 0 Å². The van der Waals surface area contributed by atoms with Crippen LogP contribution in [0.3, 0.4) is 0 Å². The van der Waals surface area contributed by atoms with Crippen molar-refractivity contribution >= 4 is 23.4 Å². The van der Waals surface area contributed by atoms with Crippen molar-refractivity contribution in [2.75, 3.05) is 12.5 Å². The molecular formula is C13H13ClF2O4. The maximum atomic E-state index is 12.4. The van der Waals surface area contributed by atoms with E-state index < -0.39 is 18.4 Å². The van der Waals surface area contributed by atoms with E-state index in [1.54, 1.807) is 6.92 Å². The number of ether oxygens (including phenoxy) is 2. The second-order valence-electron chi connectivity index (χ2n) is 3.64. The van der Waals surface area contributed by atoms with Crippen molar-refractivity contribution in [3.63, 3.8) is 0 Å². The summed E-state index contributed by atoms with van der Waals surface area (Å²) in [7, 11) is 0. The molecule has 7 heteroatoms. The molecule has 0 saturated heterocycles. The van der Waals surface area contributed by atoms with Crippen LogP contribution in [0.1, 0.15) is 34.1 Å². The number of carbonyl (C=O) groups is 2. The standard InChI is InChI=1S/C13H13ClF2O4/c1-2-19-12(18)11-8(9(17)6-7-14)4-3-5-10(11)20-13(15)16/h3-5,13H,2,6-7H2,1H3. The van der Waals surface area contributed by atoms with Gasteiger partial charge in [-0.2, -0.15) is 8.78 Å². The van der Waals surface area contributed by atoms with Gasteiger partial charge in [-0.3, -0.25) is 4.79 Å². The molecule has 0 atom stereocenters. The van der Waals surface area contributed by atoms with E-state index >= 15 is 0 Å². The minimum absolute atomic E-state index is 0.0217. The van der Waals surface area contributed by atoms with Crippen LogP contribution in [0.15, 0.2) is 18.2 Å². The van der Waals surface area contributed by atoms with Gasteiger partial charge >= 0.3 is 12.6 Å². The van der Waals surface area contributed by atoms with Gasteiger partial charge in [-0.25, -0.2) is 4.79 Å². The van der Waals surface area contributed by atoms with Crippen LogP contribution in [0.4, 0.5) is 8.78 Å². The first-order valence-electron chi connectivity index (χ1n) is 5.85. The lowest BCUT2D eigenvalue weighted by Gasteiger charge is -2.13. The van der Waals surface area contributed by atoms with Gasteiger partial charge in [-0.05, 0) is 13.0 Å². The molecule has 0 aliphatic rings. The van der Waals surface area contributed by atoms with Crippen molar-refractivity contribution in [1.82, 2.24) is 0 Å². The zero-order valence-corrected chi connectivity index (χ0v) is 11.5. The van der Waals surface area contributed by atoms with E-state index in [2.05, 4.69) is 4.74 Å². The smallest absolute Gasteiger partial charge is 0.387 e. The van der Waals surface area contributed by atoms with Crippen LogP contribution in [0, 0.1) is 0 Å². The maximum Gasteiger partial charge on any atom is 0.387 e. The third kappa shape index (κ3) is 4.16. The average Bonchev–Trinajstić information content (AvgIpc) is 2.38. The molecule has 0 saturated carbocycles. The number of rotatable bonds is 7. The first-order chi connectivity index (χ1) is 9.51. The number of halogens is 3. The Balaban J connectivity index is 3.28. The SMILES string of the molecule is CCOC(=O)c1c(OC(F)F)cccc1C(=O)CCCl. The monoisotopic (exact) mass is 306 g/mol. The number of esters is 1. The second-order valence-corrected chi connectivity index (χ2v) is 4.02. The first kappa shape index (κ1) is 16.4. The predicted molar refractivity (Wildman–Crippen MR) is 68.7 cm³/mol. The molecule has 0 radical (unpaired) electrons. The van der Waals surface area contributed by atoms with E-state index in [9.17, 15) is 18.4 Å². The number of carbonyl (C=O) groups excluding carboxylic acids is 2. The van der Waals surface area contributed by atoms with Gasteiger partial charge < -0.3 is 9.47 Å². The van der Waals surface area contributed by atoms with Crippen LogP contribution in [0.2, 0.25) is 0 Å². The van der Waals surface area contributed by atoms with E-state index in [0.29, 0.717) is 0 Å². The Bertz CT molecular complexity index is 491. The molecule has 20 heavy (non-hydrogen) atoms. The maximum absolute atomic E-state index is 12.4. The van der Waals surface area contributed by atoms with Gasteiger partial charge in [0, 0.05) is 17.9 Å². The Hall–Kier alpha value is -1.69. The fourth-order valence-corrected chi connectivity index (χ4v) is 1.76. The summed E-state index contributed by atoms with van der Waals surface area (Å²) in [5, 5.41) is 0. The summed E-state index contributed by atoms with van der Waals surface area (Å²) in [5.41, 5.74) is -0.341. The van der Waals surface area contributed by atoms with Crippen LogP contribution in [0.5, 0.6) is 5.75 Å². The summed E-state index contributed by atoms with van der Waals surface area (Å²) in [6.07, 6.45) is -0.0217. The Labute approximate surface area is 119 Å². The molecular weight excluding hydrogens is 294 g/mol. The molecule has 0 spiro atoms. The fraction of sp³-hybridized carbons (Fsp3) is 0.385. The van der Waals surface area contributed by atoms with E-state index in [1.165, 1.54) is 18.2 Å². The molecule has 1 aromatic rings. The minimum atomic E-state index is -3.11. The minimum Gasteiger partial charge on any atom is -0.462 e. The predicted octanol–water partition coefficient (Wildman–Crippen LogP) is 3.28. The number of ketones is 1. The summed E-state index contributed by atoms with van der Waals surface area (Å²) < 4.78 is 33.7. The summed E-state index contributed by atoms with van der Waals surface area (Å²) >= 11 is 5.48. The molecule has 0 amide bonds. The van der Waals surface area contributed by atoms with Gasteiger partial charge in [0.2, 0.25) is 0 Å². The molecule has 0 bridgehead atoms. The highest BCUT2D eigenvalue weighted by atomic mass is 35.5. The van der Waals surface area contributed by atoms with Crippen LogP contribution < -0.4 is 4.74 Å². The normalized spacial score (nSPS) is 10.4. The molecule has 1 rings (SSSR count). The van der Waals surface area contributed by atoms with Gasteiger partial charge in [-0.15, -0.1) is 11.6 Å². The Morgan fingerprint density at radius 3 is 2.60 bits per heavy atom. The molecule has 0 aromatic heterocycles. The highest BCUT2D eigenvalue weighted by molar-refractivity contribution is 6.20. The lowest BCUT2D eigenvalue weighted by Crippen LogP contribution is -2.16. The van der Waals surface area contributed by atoms with Crippen LogP contribution in [0.25, 0.3) is 0 Å². The summed E-state index contributed by atoms with van der Waals surface area (Å²) in [6.45, 7) is -1.50. The number of hydrogen-bond donors (Lipinski definition) is 0. The van der Waals surface area contributed by atoms with Crippen molar-refractivity contribution in [3.8, 4) is 5.75 Å². The topological polar surface area (TPSA) is 52.6 Å². The van der Waals surface area contributed by atoms with Crippen molar-refractivity contribution in [2.24, 2.45) is 0 Å². The van der Waals surface area contributed by atoms with E-state index in [1.807, 2.05) is 0 Å². The van der Waals surface area contributed by atoms with Gasteiger partial charge in [-0.1, -0.05) is 12.1 Å². The molecule has 0 heterocycles. The largest absolute Gasteiger partial charge is 0.462 e. The Morgan fingerprint density at radius 1 is 1.35 bits per heavy atom.